The van der Waals surface area contributed by atoms with Crippen LogP contribution in [0.1, 0.15) is 11.3 Å². The number of pyridine rings is 1. The Kier molecular flexibility index (Phi) is 4.44. The normalized spacial score (nSPS) is 11.3. The molecule has 0 bridgehead atoms. The second-order valence-corrected chi connectivity index (χ2v) is 4.62. The Labute approximate surface area is 124 Å². The van der Waals surface area contributed by atoms with Crippen molar-refractivity contribution >= 4 is 0 Å². The van der Waals surface area contributed by atoms with E-state index in [-0.39, 0.29) is 23.5 Å². The topological polar surface area (TPSA) is 40.5 Å². The number of hydrogen-bond donors (Lipinski definition) is 0. The Morgan fingerprint density at radius 3 is 2.59 bits per heavy atom. The van der Waals surface area contributed by atoms with Gasteiger partial charge in [-0.15, -0.1) is 13.2 Å². The van der Waals surface area contributed by atoms with Crippen molar-refractivity contribution in [2.75, 3.05) is 7.11 Å². The maximum atomic E-state index is 12.2. The summed E-state index contributed by atoms with van der Waals surface area (Å²) in [4.78, 5) is 11.6. The number of hydrogen-bond acceptors (Lipinski definition) is 3. The predicted octanol–water partition coefficient (Wildman–Crippen LogP) is 3.11. The van der Waals surface area contributed by atoms with Crippen LogP contribution in [-0.4, -0.2) is 18.0 Å². The molecule has 1 aromatic carbocycles. The zero-order chi connectivity index (χ0) is 16.3. The van der Waals surface area contributed by atoms with E-state index in [1.54, 1.807) is 23.8 Å². The van der Waals surface area contributed by atoms with E-state index in [4.69, 9.17) is 4.74 Å². The molecule has 7 heteroatoms. The zero-order valence-corrected chi connectivity index (χ0v) is 12.0. The smallest absolute Gasteiger partial charge is 0.491 e. The minimum Gasteiger partial charge on any atom is -0.491 e. The largest absolute Gasteiger partial charge is 0.573 e. The average Bonchev–Trinajstić information content (AvgIpc) is 2.41. The van der Waals surface area contributed by atoms with Crippen LogP contribution in [0.3, 0.4) is 0 Å². The van der Waals surface area contributed by atoms with Crippen molar-refractivity contribution in [1.82, 2.24) is 4.57 Å². The lowest BCUT2D eigenvalue weighted by Crippen LogP contribution is -2.17. The Hall–Kier alpha value is -2.44. The summed E-state index contributed by atoms with van der Waals surface area (Å²) >= 11 is 0. The molecular weight excluding hydrogens is 299 g/mol. The zero-order valence-electron chi connectivity index (χ0n) is 12.0. The van der Waals surface area contributed by atoms with E-state index < -0.39 is 6.36 Å². The predicted molar refractivity (Wildman–Crippen MR) is 74.2 cm³/mol. The van der Waals surface area contributed by atoms with Gasteiger partial charge in [-0.05, 0) is 24.6 Å². The number of benzene rings is 1. The molecule has 2 rings (SSSR count). The van der Waals surface area contributed by atoms with Crippen LogP contribution in [0.5, 0.6) is 11.5 Å². The minimum atomic E-state index is -4.73. The van der Waals surface area contributed by atoms with Crippen LogP contribution in [0.25, 0.3) is 0 Å². The third kappa shape index (κ3) is 3.81. The molecule has 2 aromatic rings. The Balaban J connectivity index is 2.28. The van der Waals surface area contributed by atoms with Crippen LogP contribution in [0.4, 0.5) is 13.2 Å². The highest BCUT2D eigenvalue weighted by Crippen LogP contribution is 2.24. The molecule has 0 saturated heterocycles. The maximum absolute atomic E-state index is 12.2. The number of nitrogens with zero attached hydrogens (tertiary/aromatic N) is 1. The highest BCUT2D eigenvalue weighted by atomic mass is 19.4. The standard InChI is InChI=1S/C15H14F3NO3/c1-10-14(21-2)13(20)6-7-19(10)9-11-4-3-5-12(8-11)22-15(16,17)18/h3-8H,9H2,1-2H3. The fourth-order valence-electron chi connectivity index (χ4n) is 2.11. The second-order valence-electron chi connectivity index (χ2n) is 4.62. The van der Waals surface area contributed by atoms with E-state index in [1.165, 1.54) is 31.4 Å². The summed E-state index contributed by atoms with van der Waals surface area (Å²) < 4.78 is 47.3. The minimum absolute atomic E-state index is 0.213. The second kappa shape index (κ2) is 6.13. The van der Waals surface area contributed by atoms with E-state index in [0.717, 1.165) is 0 Å². The van der Waals surface area contributed by atoms with Crippen LogP contribution in [0, 0.1) is 6.92 Å². The van der Waals surface area contributed by atoms with Gasteiger partial charge in [-0.3, -0.25) is 4.79 Å². The van der Waals surface area contributed by atoms with Crippen LogP contribution in [0.15, 0.2) is 41.3 Å². The first kappa shape index (κ1) is 15.9. The van der Waals surface area contributed by atoms with Crippen LogP contribution in [0.2, 0.25) is 0 Å². The lowest BCUT2D eigenvalue weighted by Gasteiger charge is -2.14. The Bertz CT molecular complexity index is 723. The van der Waals surface area contributed by atoms with Gasteiger partial charge >= 0.3 is 6.36 Å². The van der Waals surface area contributed by atoms with E-state index in [1.807, 2.05) is 0 Å². The first-order valence-corrected chi connectivity index (χ1v) is 6.39. The fourth-order valence-corrected chi connectivity index (χ4v) is 2.11. The molecule has 0 amide bonds. The molecule has 0 fully saturated rings. The monoisotopic (exact) mass is 313 g/mol. The molecule has 1 heterocycles. The van der Waals surface area contributed by atoms with Gasteiger partial charge in [0.2, 0.25) is 5.43 Å². The van der Waals surface area contributed by atoms with Gasteiger partial charge in [0, 0.05) is 18.8 Å². The summed E-state index contributed by atoms with van der Waals surface area (Å²) in [5, 5.41) is 0. The van der Waals surface area contributed by atoms with Gasteiger partial charge in [0.1, 0.15) is 5.75 Å². The average molecular weight is 313 g/mol. The summed E-state index contributed by atoms with van der Waals surface area (Å²) in [7, 11) is 1.39. The Morgan fingerprint density at radius 2 is 1.95 bits per heavy atom. The molecule has 4 nitrogen and oxygen atoms in total. The summed E-state index contributed by atoms with van der Waals surface area (Å²) in [6.07, 6.45) is -3.16. The van der Waals surface area contributed by atoms with Gasteiger partial charge in [0.25, 0.3) is 0 Å². The van der Waals surface area contributed by atoms with Gasteiger partial charge in [-0.25, -0.2) is 0 Å². The van der Waals surface area contributed by atoms with Crippen molar-refractivity contribution in [3.63, 3.8) is 0 Å². The first-order chi connectivity index (χ1) is 10.3. The molecule has 118 valence electrons. The number of ether oxygens (including phenoxy) is 2. The quantitative estimate of drug-likeness (QED) is 0.871. The van der Waals surface area contributed by atoms with Crippen LogP contribution in [-0.2, 0) is 6.54 Å². The number of alkyl halides is 3. The highest BCUT2D eigenvalue weighted by Gasteiger charge is 2.31. The molecule has 0 aliphatic heterocycles. The molecule has 0 aliphatic carbocycles. The van der Waals surface area contributed by atoms with E-state index in [2.05, 4.69) is 4.74 Å². The summed E-state index contributed by atoms with van der Waals surface area (Å²) in [5.74, 6) is -0.0686. The highest BCUT2D eigenvalue weighted by molar-refractivity contribution is 5.31. The first-order valence-electron chi connectivity index (χ1n) is 6.39. The summed E-state index contributed by atoms with van der Waals surface area (Å²) in [6.45, 7) is 1.99. The third-order valence-electron chi connectivity index (χ3n) is 3.08. The summed E-state index contributed by atoms with van der Waals surface area (Å²) in [5.41, 5.74) is 0.957. The van der Waals surface area contributed by atoms with E-state index in [9.17, 15) is 18.0 Å². The molecule has 0 N–H and O–H groups in total. The number of methoxy groups -OCH3 is 1. The lowest BCUT2D eigenvalue weighted by molar-refractivity contribution is -0.274. The van der Waals surface area contributed by atoms with Crippen molar-refractivity contribution in [3.05, 3.63) is 58.0 Å². The van der Waals surface area contributed by atoms with Crippen molar-refractivity contribution in [2.45, 2.75) is 19.8 Å². The van der Waals surface area contributed by atoms with Crippen LogP contribution < -0.4 is 14.9 Å². The number of halogens is 3. The van der Waals surface area contributed by atoms with Crippen molar-refractivity contribution in [3.8, 4) is 11.5 Å². The van der Waals surface area contributed by atoms with Gasteiger partial charge in [0.05, 0.1) is 12.8 Å². The maximum Gasteiger partial charge on any atom is 0.573 e. The lowest BCUT2D eigenvalue weighted by atomic mass is 10.2. The van der Waals surface area contributed by atoms with Crippen molar-refractivity contribution in [1.29, 1.82) is 0 Å². The molecule has 22 heavy (non-hydrogen) atoms. The van der Waals surface area contributed by atoms with Gasteiger partial charge in [0.15, 0.2) is 5.75 Å². The molecule has 0 radical (unpaired) electrons. The van der Waals surface area contributed by atoms with Crippen molar-refractivity contribution in [2.24, 2.45) is 0 Å². The van der Waals surface area contributed by atoms with Crippen LogP contribution >= 0.6 is 0 Å². The fraction of sp³-hybridized carbons (Fsp3) is 0.267. The summed E-state index contributed by atoms with van der Waals surface area (Å²) in [6, 6.07) is 7.04. The molecule has 0 aliphatic rings. The molecule has 0 atom stereocenters. The molecule has 0 spiro atoms. The molecule has 0 saturated carbocycles. The molecular formula is C15H14F3NO3. The number of aromatic nitrogens is 1. The van der Waals surface area contributed by atoms with Gasteiger partial charge in [-0.1, -0.05) is 12.1 Å². The molecule has 1 aromatic heterocycles. The third-order valence-corrected chi connectivity index (χ3v) is 3.08. The van der Waals surface area contributed by atoms with Gasteiger partial charge in [-0.2, -0.15) is 0 Å². The SMILES string of the molecule is COc1c(C)n(Cc2cccc(OC(F)(F)F)c2)ccc1=O. The van der Waals surface area contributed by atoms with Gasteiger partial charge < -0.3 is 14.0 Å². The molecule has 0 unspecified atom stereocenters. The van der Waals surface area contributed by atoms with Crippen molar-refractivity contribution < 1.29 is 22.6 Å². The number of rotatable bonds is 4. The Morgan fingerprint density at radius 1 is 1.23 bits per heavy atom. The van der Waals surface area contributed by atoms with E-state index in [0.29, 0.717) is 11.3 Å². The van der Waals surface area contributed by atoms with E-state index >= 15 is 0 Å².